The van der Waals surface area contributed by atoms with Crippen molar-refractivity contribution in [2.24, 2.45) is 5.92 Å². The molecule has 1 aromatic rings. The standard InChI is InChI=1S/C11H19N3S/c1-13-4-3-10(6-13)7-14(2)8-11-5-12-9-15-11/h5,9-10H,3-4,6-8H2,1-2H3/t10-/m0/s1. The van der Waals surface area contributed by atoms with Crippen LogP contribution in [0.25, 0.3) is 0 Å². The van der Waals surface area contributed by atoms with E-state index in [-0.39, 0.29) is 0 Å². The molecule has 0 saturated carbocycles. The van der Waals surface area contributed by atoms with E-state index in [1.165, 1.54) is 30.9 Å². The molecule has 0 bridgehead atoms. The maximum atomic E-state index is 4.10. The predicted molar refractivity (Wildman–Crippen MR) is 64.1 cm³/mol. The maximum absolute atomic E-state index is 4.10. The molecule has 0 N–H and O–H groups in total. The molecule has 4 heteroatoms. The first-order chi connectivity index (χ1) is 7.24. The van der Waals surface area contributed by atoms with Gasteiger partial charge in [-0.2, -0.15) is 0 Å². The highest BCUT2D eigenvalue weighted by Gasteiger charge is 2.20. The van der Waals surface area contributed by atoms with Crippen molar-refractivity contribution in [1.29, 1.82) is 0 Å². The largest absolute Gasteiger partial charge is 0.306 e. The SMILES string of the molecule is CN1CC[C@H](CN(C)Cc2cncs2)C1. The summed E-state index contributed by atoms with van der Waals surface area (Å²) in [5, 5.41) is 0. The zero-order valence-corrected chi connectivity index (χ0v) is 10.3. The van der Waals surface area contributed by atoms with Gasteiger partial charge in [0.1, 0.15) is 0 Å². The van der Waals surface area contributed by atoms with Crippen LogP contribution in [0.5, 0.6) is 0 Å². The lowest BCUT2D eigenvalue weighted by molar-refractivity contribution is 0.269. The Balaban J connectivity index is 1.75. The monoisotopic (exact) mass is 225 g/mol. The van der Waals surface area contributed by atoms with E-state index in [2.05, 4.69) is 28.9 Å². The number of aromatic nitrogens is 1. The van der Waals surface area contributed by atoms with Gasteiger partial charge >= 0.3 is 0 Å². The molecule has 84 valence electrons. The van der Waals surface area contributed by atoms with Gasteiger partial charge in [0.15, 0.2) is 0 Å². The fourth-order valence-electron chi connectivity index (χ4n) is 2.27. The molecular formula is C11H19N3S. The van der Waals surface area contributed by atoms with Crippen LogP contribution in [-0.2, 0) is 6.54 Å². The highest BCUT2D eigenvalue weighted by atomic mass is 32.1. The molecular weight excluding hydrogens is 206 g/mol. The summed E-state index contributed by atoms with van der Waals surface area (Å²) >= 11 is 1.75. The Hall–Kier alpha value is -0.450. The van der Waals surface area contributed by atoms with E-state index in [1.54, 1.807) is 11.3 Å². The van der Waals surface area contributed by atoms with Gasteiger partial charge in [-0.15, -0.1) is 11.3 Å². The molecule has 1 aromatic heterocycles. The summed E-state index contributed by atoms with van der Waals surface area (Å²) in [6.07, 6.45) is 3.32. The fraction of sp³-hybridized carbons (Fsp3) is 0.727. The Labute approximate surface area is 95.7 Å². The van der Waals surface area contributed by atoms with E-state index >= 15 is 0 Å². The topological polar surface area (TPSA) is 19.4 Å². The van der Waals surface area contributed by atoms with Gasteiger partial charge in [0.2, 0.25) is 0 Å². The molecule has 2 rings (SSSR count). The molecule has 0 aliphatic carbocycles. The van der Waals surface area contributed by atoms with Crippen LogP contribution < -0.4 is 0 Å². The zero-order chi connectivity index (χ0) is 10.7. The Morgan fingerprint density at radius 1 is 1.67 bits per heavy atom. The van der Waals surface area contributed by atoms with Gasteiger partial charge in [0.05, 0.1) is 5.51 Å². The minimum absolute atomic E-state index is 0.855. The molecule has 0 radical (unpaired) electrons. The van der Waals surface area contributed by atoms with Crippen LogP contribution in [0.4, 0.5) is 0 Å². The van der Waals surface area contributed by atoms with Crippen molar-refractivity contribution in [2.75, 3.05) is 33.7 Å². The minimum atomic E-state index is 0.855. The van der Waals surface area contributed by atoms with E-state index in [4.69, 9.17) is 0 Å². The third-order valence-corrected chi connectivity index (χ3v) is 3.73. The van der Waals surface area contributed by atoms with Crippen LogP contribution >= 0.6 is 11.3 Å². The van der Waals surface area contributed by atoms with Gasteiger partial charge in [-0.1, -0.05) is 0 Å². The molecule has 0 aromatic carbocycles. The third kappa shape index (κ3) is 3.26. The van der Waals surface area contributed by atoms with E-state index in [1.807, 2.05) is 11.7 Å². The van der Waals surface area contributed by atoms with Crippen molar-refractivity contribution in [3.05, 3.63) is 16.6 Å². The van der Waals surface area contributed by atoms with Crippen LogP contribution in [0, 0.1) is 5.92 Å². The number of hydrogen-bond donors (Lipinski definition) is 0. The van der Waals surface area contributed by atoms with E-state index in [0.717, 1.165) is 12.5 Å². The summed E-state index contributed by atoms with van der Waals surface area (Å²) in [6.45, 7) is 4.78. The highest BCUT2D eigenvalue weighted by Crippen LogP contribution is 2.16. The van der Waals surface area contributed by atoms with E-state index in [9.17, 15) is 0 Å². The van der Waals surface area contributed by atoms with E-state index in [0.29, 0.717) is 0 Å². The second-order valence-corrected chi connectivity index (χ2v) is 5.55. The summed E-state index contributed by atoms with van der Waals surface area (Å²) in [7, 11) is 4.42. The van der Waals surface area contributed by atoms with Gasteiger partial charge in [-0.05, 0) is 33.0 Å². The quantitative estimate of drug-likeness (QED) is 0.774. The molecule has 1 atom stereocenters. The molecule has 1 fully saturated rings. The van der Waals surface area contributed by atoms with Crippen LogP contribution in [0.15, 0.2) is 11.7 Å². The van der Waals surface area contributed by atoms with Crippen molar-refractivity contribution in [2.45, 2.75) is 13.0 Å². The lowest BCUT2D eigenvalue weighted by Crippen LogP contribution is -2.26. The highest BCUT2D eigenvalue weighted by molar-refractivity contribution is 7.09. The van der Waals surface area contributed by atoms with Gasteiger partial charge in [-0.3, -0.25) is 4.98 Å². The number of hydrogen-bond acceptors (Lipinski definition) is 4. The van der Waals surface area contributed by atoms with Gasteiger partial charge in [0, 0.05) is 30.7 Å². The lowest BCUT2D eigenvalue weighted by atomic mass is 10.1. The Morgan fingerprint density at radius 2 is 2.53 bits per heavy atom. The second-order valence-electron chi connectivity index (χ2n) is 4.58. The van der Waals surface area contributed by atoms with E-state index < -0.39 is 0 Å². The molecule has 0 spiro atoms. The summed E-state index contributed by atoms with van der Waals surface area (Å²) in [5.74, 6) is 0.855. The van der Waals surface area contributed by atoms with Crippen LogP contribution in [0.1, 0.15) is 11.3 Å². The van der Waals surface area contributed by atoms with Crippen molar-refractivity contribution in [3.8, 4) is 0 Å². The summed E-state index contributed by atoms with van der Waals surface area (Å²) in [6, 6.07) is 0. The number of rotatable bonds is 4. The molecule has 1 aliphatic heterocycles. The second kappa shape index (κ2) is 5.05. The van der Waals surface area contributed by atoms with Crippen LogP contribution in [0.3, 0.4) is 0 Å². The first-order valence-electron chi connectivity index (χ1n) is 5.48. The zero-order valence-electron chi connectivity index (χ0n) is 9.52. The van der Waals surface area contributed by atoms with Crippen molar-refractivity contribution < 1.29 is 0 Å². The van der Waals surface area contributed by atoms with Crippen molar-refractivity contribution in [3.63, 3.8) is 0 Å². The van der Waals surface area contributed by atoms with Gasteiger partial charge < -0.3 is 9.80 Å². The Bertz CT molecular complexity index is 286. The summed E-state index contributed by atoms with van der Waals surface area (Å²) in [4.78, 5) is 10.3. The van der Waals surface area contributed by atoms with Crippen molar-refractivity contribution >= 4 is 11.3 Å². The average Bonchev–Trinajstić information content (AvgIpc) is 2.77. The predicted octanol–water partition coefficient (Wildman–Crippen LogP) is 1.53. The first kappa shape index (κ1) is 11.0. The average molecular weight is 225 g/mol. The molecule has 15 heavy (non-hydrogen) atoms. The minimum Gasteiger partial charge on any atom is -0.306 e. The fourth-order valence-corrected chi connectivity index (χ4v) is 2.94. The maximum Gasteiger partial charge on any atom is 0.0794 e. The number of likely N-dealkylation sites (tertiary alicyclic amines) is 1. The summed E-state index contributed by atoms with van der Waals surface area (Å²) in [5.41, 5.74) is 1.91. The van der Waals surface area contributed by atoms with Crippen LogP contribution in [-0.4, -0.2) is 48.5 Å². The molecule has 0 amide bonds. The molecule has 2 heterocycles. The third-order valence-electron chi connectivity index (χ3n) is 2.97. The first-order valence-corrected chi connectivity index (χ1v) is 6.36. The normalized spacial score (nSPS) is 22.7. The molecule has 1 saturated heterocycles. The number of nitrogens with zero attached hydrogens (tertiary/aromatic N) is 3. The van der Waals surface area contributed by atoms with Crippen LogP contribution in [0.2, 0.25) is 0 Å². The number of thiazole rings is 1. The molecule has 3 nitrogen and oxygen atoms in total. The summed E-state index contributed by atoms with van der Waals surface area (Å²) < 4.78 is 0. The Morgan fingerprint density at radius 3 is 3.13 bits per heavy atom. The smallest absolute Gasteiger partial charge is 0.0794 e. The van der Waals surface area contributed by atoms with Gasteiger partial charge in [-0.25, -0.2) is 0 Å². The molecule has 0 unspecified atom stereocenters. The lowest BCUT2D eigenvalue weighted by Gasteiger charge is -2.19. The van der Waals surface area contributed by atoms with Crippen molar-refractivity contribution in [1.82, 2.24) is 14.8 Å². The Kier molecular flexibility index (Phi) is 3.72. The van der Waals surface area contributed by atoms with Gasteiger partial charge in [0.25, 0.3) is 0 Å². The molecule has 1 aliphatic rings.